The molecule has 2 aromatic rings. The normalized spacial score (nSPS) is 16.3. The molecule has 0 saturated heterocycles. The maximum atomic E-state index is 5.95. The van der Waals surface area contributed by atoms with Crippen molar-refractivity contribution in [1.29, 1.82) is 0 Å². The molecule has 0 spiro atoms. The van der Waals surface area contributed by atoms with E-state index in [9.17, 15) is 0 Å². The second-order valence-electron chi connectivity index (χ2n) is 3.81. The fraction of sp³-hybridized carbons (Fsp3) is 0.364. The van der Waals surface area contributed by atoms with E-state index in [0.717, 1.165) is 42.4 Å². The van der Waals surface area contributed by atoms with E-state index in [0.29, 0.717) is 0 Å². The molecule has 78 valence electrons. The summed E-state index contributed by atoms with van der Waals surface area (Å²) in [6, 6.07) is 5.92. The van der Waals surface area contributed by atoms with Gasteiger partial charge in [0.25, 0.3) is 0 Å². The summed E-state index contributed by atoms with van der Waals surface area (Å²) in [6.07, 6.45) is 0.992. The molecule has 1 aliphatic heterocycles. The van der Waals surface area contributed by atoms with Crippen molar-refractivity contribution in [2.75, 3.05) is 13.1 Å². The number of aromatic nitrogens is 2. The Morgan fingerprint density at radius 2 is 2.27 bits per heavy atom. The van der Waals surface area contributed by atoms with Crippen LogP contribution in [0.15, 0.2) is 18.2 Å². The first-order valence-electron chi connectivity index (χ1n) is 5.20. The molecule has 1 aromatic carbocycles. The summed E-state index contributed by atoms with van der Waals surface area (Å²) in [5, 5.41) is 4.13. The number of benzene rings is 1. The van der Waals surface area contributed by atoms with Crippen molar-refractivity contribution in [3.05, 3.63) is 29.0 Å². The predicted molar refractivity (Wildman–Crippen MR) is 61.3 cm³/mol. The first kappa shape index (κ1) is 9.19. The van der Waals surface area contributed by atoms with E-state index in [1.807, 2.05) is 12.1 Å². The van der Waals surface area contributed by atoms with Gasteiger partial charge < -0.3 is 9.88 Å². The minimum Gasteiger partial charge on any atom is -0.327 e. The fourth-order valence-electron chi connectivity index (χ4n) is 2.11. The summed E-state index contributed by atoms with van der Waals surface area (Å²) in [5.41, 5.74) is 2.21. The van der Waals surface area contributed by atoms with E-state index in [2.05, 4.69) is 20.9 Å². The lowest BCUT2D eigenvalue weighted by atomic mass is 10.3. The van der Waals surface area contributed by atoms with Crippen LogP contribution in [0, 0.1) is 0 Å². The third-order valence-electron chi connectivity index (χ3n) is 2.83. The number of hydrogen-bond donors (Lipinski definition) is 1. The van der Waals surface area contributed by atoms with E-state index in [1.165, 1.54) is 5.52 Å². The van der Waals surface area contributed by atoms with Crippen molar-refractivity contribution < 1.29 is 0 Å². The molecule has 0 amide bonds. The van der Waals surface area contributed by atoms with Gasteiger partial charge in [0.2, 0.25) is 0 Å². The van der Waals surface area contributed by atoms with Crippen LogP contribution in [0.4, 0.5) is 0 Å². The van der Waals surface area contributed by atoms with Crippen LogP contribution in [-0.2, 0) is 13.0 Å². The molecule has 0 radical (unpaired) electrons. The molecule has 2 heterocycles. The number of halogens is 1. The topological polar surface area (TPSA) is 29.9 Å². The third kappa shape index (κ3) is 1.52. The second-order valence-corrected chi connectivity index (χ2v) is 4.25. The van der Waals surface area contributed by atoms with Crippen molar-refractivity contribution in [3.8, 4) is 0 Å². The van der Waals surface area contributed by atoms with Gasteiger partial charge in [0.15, 0.2) is 0 Å². The Hall–Kier alpha value is -1.06. The Bertz CT molecular complexity index is 504. The molecule has 0 saturated carbocycles. The lowest BCUT2D eigenvalue weighted by molar-refractivity contribution is 0.657. The van der Waals surface area contributed by atoms with Crippen LogP contribution in [0.3, 0.4) is 0 Å². The molecule has 1 aromatic heterocycles. The van der Waals surface area contributed by atoms with Crippen LogP contribution in [0.5, 0.6) is 0 Å². The summed E-state index contributed by atoms with van der Waals surface area (Å²) >= 11 is 5.95. The molecule has 0 atom stereocenters. The number of nitrogens with one attached hydrogen (secondary N) is 1. The Kier molecular flexibility index (Phi) is 2.15. The highest BCUT2D eigenvalue weighted by atomic mass is 35.5. The van der Waals surface area contributed by atoms with Crippen molar-refractivity contribution >= 4 is 22.6 Å². The van der Waals surface area contributed by atoms with E-state index in [4.69, 9.17) is 11.6 Å². The van der Waals surface area contributed by atoms with Crippen LogP contribution in [0.2, 0.25) is 5.02 Å². The predicted octanol–water partition coefficient (Wildman–Crippen LogP) is 1.84. The second kappa shape index (κ2) is 3.51. The quantitative estimate of drug-likeness (QED) is 0.736. The number of rotatable bonds is 0. The summed E-state index contributed by atoms with van der Waals surface area (Å²) in [7, 11) is 0. The average Bonchev–Trinajstić information content (AvgIpc) is 2.42. The fourth-order valence-corrected chi connectivity index (χ4v) is 2.28. The van der Waals surface area contributed by atoms with Crippen LogP contribution in [0.1, 0.15) is 5.82 Å². The zero-order valence-electron chi connectivity index (χ0n) is 8.33. The molecule has 3 nitrogen and oxygen atoms in total. The van der Waals surface area contributed by atoms with Crippen molar-refractivity contribution in [2.45, 2.75) is 13.0 Å². The summed E-state index contributed by atoms with van der Waals surface area (Å²) < 4.78 is 2.28. The number of imidazole rings is 1. The third-order valence-corrected chi connectivity index (χ3v) is 3.06. The van der Waals surface area contributed by atoms with Gasteiger partial charge in [-0.2, -0.15) is 0 Å². The minimum atomic E-state index is 0.758. The van der Waals surface area contributed by atoms with Crippen molar-refractivity contribution in [3.63, 3.8) is 0 Å². The molecule has 0 aliphatic carbocycles. The van der Waals surface area contributed by atoms with Gasteiger partial charge in [0.1, 0.15) is 5.82 Å². The Balaban J connectivity index is 2.23. The van der Waals surface area contributed by atoms with Gasteiger partial charge in [-0.05, 0) is 18.2 Å². The smallest absolute Gasteiger partial charge is 0.111 e. The zero-order valence-corrected chi connectivity index (χ0v) is 9.09. The van der Waals surface area contributed by atoms with Crippen molar-refractivity contribution in [1.82, 2.24) is 14.9 Å². The zero-order chi connectivity index (χ0) is 10.3. The Morgan fingerprint density at radius 3 is 3.20 bits per heavy atom. The lowest BCUT2D eigenvalue weighted by Gasteiger charge is -2.03. The maximum absolute atomic E-state index is 5.95. The van der Waals surface area contributed by atoms with E-state index in [-0.39, 0.29) is 0 Å². The minimum absolute atomic E-state index is 0.758. The Labute approximate surface area is 93.1 Å². The molecular formula is C11H12ClN3. The first-order chi connectivity index (χ1) is 7.34. The largest absolute Gasteiger partial charge is 0.327 e. The molecule has 0 unspecified atom stereocenters. The molecule has 3 rings (SSSR count). The monoisotopic (exact) mass is 221 g/mol. The number of fused-ring (bicyclic) bond motifs is 3. The maximum Gasteiger partial charge on any atom is 0.111 e. The van der Waals surface area contributed by atoms with Gasteiger partial charge in [0, 0.05) is 31.1 Å². The molecule has 1 aliphatic rings. The van der Waals surface area contributed by atoms with Crippen LogP contribution < -0.4 is 5.32 Å². The highest BCUT2D eigenvalue weighted by Gasteiger charge is 2.12. The molecule has 1 N–H and O–H groups in total. The number of nitrogens with zero attached hydrogens (tertiary/aromatic N) is 2. The van der Waals surface area contributed by atoms with Crippen LogP contribution >= 0.6 is 11.6 Å². The lowest BCUT2D eigenvalue weighted by Crippen LogP contribution is -2.17. The summed E-state index contributed by atoms with van der Waals surface area (Å²) in [4.78, 5) is 4.61. The van der Waals surface area contributed by atoms with Gasteiger partial charge in [0.05, 0.1) is 11.0 Å². The highest BCUT2D eigenvalue weighted by molar-refractivity contribution is 6.31. The van der Waals surface area contributed by atoms with Crippen molar-refractivity contribution in [2.24, 2.45) is 0 Å². The standard InChI is InChI=1S/C11H12ClN3/c12-8-1-2-10-9(7-8)14-11-3-4-13-5-6-15(10)11/h1-2,7,13H,3-6H2. The van der Waals surface area contributed by atoms with Gasteiger partial charge in [-0.1, -0.05) is 11.6 Å². The summed E-state index contributed by atoms with van der Waals surface area (Å²) in [5.74, 6) is 1.16. The van der Waals surface area contributed by atoms with Crippen LogP contribution in [-0.4, -0.2) is 22.6 Å². The number of hydrogen-bond acceptors (Lipinski definition) is 2. The first-order valence-corrected chi connectivity index (χ1v) is 5.58. The SMILES string of the molecule is Clc1ccc2c(c1)nc1n2CCNCC1. The van der Waals surface area contributed by atoms with E-state index >= 15 is 0 Å². The van der Waals surface area contributed by atoms with Gasteiger partial charge in [-0.25, -0.2) is 4.98 Å². The molecule has 4 heteroatoms. The molecule has 0 bridgehead atoms. The van der Waals surface area contributed by atoms with Crippen LogP contribution in [0.25, 0.3) is 11.0 Å². The van der Waals surface area contributed by atoms with Gasteiger partial charge >= 0.3 is 0 Å². The van der Waals surface area contributed by atoms with E-state index in [1.54, 1.807) is 0 Å². The Morgan fingerprint density at radius 1 is 1.33 bits per heavy atom. The van der Waals surface area contributed by atoms with Gasteiger partial charge in [-0.3, -0.25) is 0 Å². The van der Waals surface area contributed by atoms with Gasteiger partial charge in [-0.15, -0.1) is 0 Å². The van der Waals surface area contributed by atoms with E-state index < -0.39 is 0 Å². The summed E-state index contributed by atoms with van der Waals surface area (Å²) in [6.45, 7) is 3.02. The molecule has 0 fully saturated rings. The molecular weight excluding hydrogens is 210 g/mol. The average molecular weight is 222 g/mol. The highest BCUT2D eigenvalue weighted by Crippen LogP contribution is 2.21. The molecule has 15 heavy (non-hydrogen) atoms.